The van der Waals surface area contributed by atoms with Crippen LogP contribution in [0.4, 0.5) is 0 Å². The molecule has 0 heterocycles. The number of phenolic OH excluding ortho intramolecular Hbond substituents is 1. The van der Waals surface area contributed by atoms with Crippen LogP contribution >= 0.6 is 44.3 Å². The molecule has 1 saturated carbocycles. The maximum absolute atomic E-state index is 9.91. The third-order valence-corrected chi connectivity index (χ3v) is 4.14. The largest absolute Gasteiger partial charge is 0.506 e. The second kappa shape index (κ2) is 5.71. The van der Waals surface area contributed by atoms with Gasteiger partial charge in [-0.05, 0) is 46.8 Å². The molecule has 1 aromatic carbocycles. The lowest BCUT2D eigenvalue weighted by molar-refractivity contribution is 0.260. The number of nitrogens with two attached hydrogens (primary N) is 1. The Bertz CT molecular complexity index is 382. The molecule has 0 unspecified atom stereocenters. The number of hydrogen-bond acceptors (Lipinski definition) is 2. The smallest absolute Gasteiger partial charge is 0.134 e. The Kier molecular flexibility index (Phi) is 5.10. The SMILES string of the molecule is Cl.N[C@@H](c1cc(Br)cc(Br)c1O)C1CCC1. The highest BCUT2D eigenvalue weighted by molar-refractivity contribution is 9.11. The Balaban J connectivity index is 0.00000128. The summed E-state index contributed by atoms with van der Waals surface area (Å²) in [4.78, 5) is 0. The van der Waals surface area contributed by atoms with Crippen LogP contribution in [0.5, 0.6) is 5.75 Å². The number of phenols is 1. The van der Waals surface area contributed by atoms with Gasteiger partial charge in [-0.3, -0.25) is 0 Å². The molecular weight excluding hydrogens is 357 g/mol. The van der Waals surface area contributed by atoms with Crippen molar-refractivity contribution in [2.45, 2.75) is 25.3 Å². The van der Waals surface area contributed by atoms with E-state index in [0.717, 1.165) is 10.0 Å². The maximum atomic E-state index is 9.91. The summed E-state index contributed by atoms with van der Waals surface area (Å²) < 4.78 is 1.64. The van der Waals surface area contributed by atoms with Crippen LogP contribution in [0.2, 0.25) is 0 Å². The van der Waals surface area contributed by atoms with Crippen molar-refractivity contribution in [2.24, 2.45) is 11.7 Å². The third kappa shape index (κ3) is 2.73. The molecule has 0 aliphatic heterocycles. The van der Waals surface area contributed by atoms with Crippen LogP contribution in [-0.2, 0) is 0 Å². The monoisotopic (exact) mass is 369 g/mol. The zero-order valence-corrected chi connectivity index (χ0v) is 12.6. The molecule has 0 spiro atoms. The van der Waals surface area contributed by atoms with Gasteiger partial charge in [0.05, 0.1) is 4.47 Å². The van der Waals surface area contributed by atoms with E-state index in [1.165, 1.54) is 19.3 Å². The van der Waals surface area contributed by atoms with Crippen molar-refractivity contribution in [3.63, 3.8) is 0 Å². The van der Waals surface area contributed by atoms with E-state index in [1.807, 2.05) is 12.1 Å². The van der Waals surface area contributed by atoms with Crippen LogP contribution in [0, 0.1) is 5.92 Å². The van der Waals surface area contributed by atoms with Gasteiger partial charge in [-0.2, -0.15) is 0 Å². The Labute approximate surface area is 118 Å². The van der Waals surface area contributed by atoms with Crippen molar-refractivity contribution in [3.8, 4) is 5.75 Å². The van der Waals surface area contributed by atoms with E-state index in [2.05, 4.69) is 31.9 Å². The average molecular weight is 372 g/mol. The van der Waals surface area contributed by atoms with E-state index in [0.29, 0.717) is 10.4 Å². The fraction of sp³-hybridized carbons (Fsp3) is 0.455. The van der Waals surface area contributed by atoms with Crippen molar-refractivity contribution >= 4 is 44.3 Å². The summed E-state index contributed by atoms with van der Waals surface area (Å²) in [5.41, 5.74) is 6.97. The molecule has 1 aliphatic rings. The number of rotatable bonds is 2. The zero-order valence-electron chi connectivity index (χ0n) is 8.62. The van der Waals surface area contributed by atoms with E-state index in [-0.39, 0.29) is 24.2 Å². The van der Waals surface area contributed by atoms with Crippen LogP contribution in [0.15, 0.2) is 21.1 Å². The first kappa shape index (κ1) is 14.3. The van der Waals surface area contributed by atoms with E-state index >= 15 is 0 Å². The normalized spacial score (nSPS) is 17.4. The first-order valence-corrected chi connectivity index (χ1v) is 6.61. The minimum absolute atomic E-state index is 0. The molecule has 1 aliphatic carbocycles. The van der Waals surface area contributed by atoms with E-state index in [4.69, 9.17) is 5.73 Å². The first-order valence-electron chi connectivity index (χ1n) is 5.03. The van der Waals surface area contributed by atoms with Gasteiger partial charge in [-0.1, -0.05) is 22.4 Å². The van der Waals surface area contributed by atoms with Gasteiger partial charge in [0.15, 0.2) is 0 Å². The standard InChI is InChI=1S/C11H13Br2NO.ClH/c12-7-4-8(11(15)9(13)5-7)10(14)6-2-1-3-6;/h4-6,10,15H,1-3,14H2;1H/t10-;/m1./s1. The fourth-order valence-electron chi connectivity index (χ4n) is 1.89. The Morgan fingerprint density at radius 1 is 1.31 bits per heavy atom. The van der Waals surface area contributed by atoms with E-state index in [9.17, 15) is 5.11 Å². The molecule has 0 bridgehead atoms. The van der Waals surface area contributed by atoms with Gasteiger partial charge >= 0.3 is 0 Å². The fourth-order valence-corrected chi connectivity index (χ4v) is 3.15. The average Bonchev–Trinajstić information content (AvgIpc) is 2.08. The van der Waals surface area contributed by atoms with Crippen molar-refractivity contribution in [2.75, 3.05) is 0 Å². The molecule has 1 aromatic rings. The highest BCUT2D eigenvalue weighted by Gasteiger charge is 2.27. The van der Waals surface area contributed by atoms with Crippen LogP contribution in [0.25, 0.3) is 0 Å². The van der Waals surface area contributed by atoms with Crippen LogP contribution in [0.1, 0.15) is 30.9 Å². The van der Waals surface area contributed by atoms with Gasteiger partial charge in [-0.15, -0.1) is 12.4 Å². The maximum Gasteiger partial charge on any atom is 0.134 e. The molecule has 0 aromatic heterocycles. The van der Waals surface area contributed by atoms with E-state index < -0.39 is 0 Å². The lowest BCUT2D eigenvalue weighted by atomic mass is 9.77. The summed E-state index contributed by atoms with van der Waals surface area (Å²) in [6.45, 7) is 0. The predicted octanol–water partition coefficient (Wildman–Crippen LogP) is 4.14. The van der Waals surface area contributed by atoms with Crippen molar-refractivity contribution in [1.82, 2.24) is 0 Å². The molecule has 2 rings (SSSR count). The summed E-state index contributed by atoms with van der Waals surface area (Å²) in [7, 11) is 0. The summed E-state index contributed by atoms with van der Waals surface area (Å²) in [6.07, 6.45) is 3.60. The van der Waals surface area contributed by atoms with Gasteiger partial charge in [0.2, 0.25) is 0 Å². The Morgan fingerprint density at radius 2 is 1.94 bits per heavy atom. The second-order valence-corrected chi connectivity index (χ2v) is 5.81. The number of aromatic hydroxyl groups is 1. The summed E-state index contributed by atoms with van der Waals surface area (Å²) >= 11 is 6.73. The minimum atomic E-state index is -0.0486. The summed E-state index contributed by atoms with van der Waals surface area (Å²) in [5.74, 6) is 0.801. The quantitative estimate of drug-likeness (QED) is 0.821. The first-order chi connectivity index (χ1) is 7.09. The molecule has 1 atom stereocenters. The second-order valence-electron chi connectivity index (χ2n) is 4.04. The summed E-state index contributed by atoms with van der Waals surface area (Å²) in [5, 5.41) is 9.91. The molecular formula is C11H14Br2ClNO. The Hall–Kier alpha value is 0.230. The van der Waals surface area contributed by atoms with Gasteiger partial charge in [-0.25, -0.2) is 0 Å². The number of benzene rings is 1. The van der Waals surface area contributed by atoms with Crippen molar-refractivity contribution in [3.05, 3.63) is 26.6 Å². The zero-order chi connectivity index (χ0) is 11.0. The molecule has 3 N–H and O–H groups in total. The molecule has 0 radical (unpaired) electrons. The lowest BCUT2D eigenvalue weighted by Crippen LogP contribution is -2.26. The topological polar surface area (TPSA) is 46.2 Å². The van der Waals surface area contributed by atoms with Crippen molar-refractivity contribution in [1.29, 1.82) is 0 Å². The highest BCUT2D eigenvalue weighted by atomic mass is 79.9. The molecule has 0 amide bonds. The number of halogens is 3. The molecule has 0 saturated heterocycles. The lowest BCUT2D eigenvalue weighted by Gasteiger charge is -2.32. The van der Waals surface area contributed by atoms with Gasteiger partial charge in [0, 0.05) is 16.1 Å². The minimum Gasteiger partial charge on any atom is -0.506 e. The van der Waals surface area contributed by atoms with E-state index in [1.54, 1.807) is 0 Å². The number of hydrogen-bond donors (Lipinski definition) is 2. The molecule has 16 heavy (non-hydrogen) atoms. The van der Waals surface area contributed by atoms with Gasteiger partial charge < -0.3 is 10.8 Å². The Morgan fingerprint density at radius 3 is 2.44 bits per heavy atom. The van der Waals surface area contributed by atoms with Crippen LogP contribution in [0.3, 0.4) is 0 Å². The molecule has 2 nitrogen and oxygen atoms in total. The van der Waals surface area contributed by atoms with Gasteiger partial charge in [0.25, 0.3) is 0 Å². The molecule has 1 fully saturated rings. The predicted molar refractivity (Wildman–Crippen MR) is 75.0 cm³/mol. The van der Waals surface area contributed by atoms with Crippen molar-refractivity contribution < 1.29 is 5.11 Å². The van der Waals surface area contributed by atoms with Gasteiger partial charge in [0.1, 0.15) is 5.75 Å². The molecule has 5 heteroatoms. The van der Waals surface area contributed by atoms with Crippen LogP contribution < -0.4 is 5.73 Å². The molecule has 90 valence electrons. The third-order valence-electron chi connectivity index (χ3n) is 3.07. The highest BCUT2D eigenvalue weighted by Crippen LogP contribution is 2.42. The summed E-state index contributed by atoms with van der Waals surface area (Å²) in [6, 6.07) is 3.68. The van der Waals surface area contributed by atoms with Crippen LogP contribution in [-0.4, -0.2) is 5.11 Å².